The van der Waals surface area contributed by atoms with E-state index in [-0.39, 0.29) is 13.2 Å². The molecule has 0 saturated carbocycles. The molecule has 0 bridgehead atoms. The first-order valence-electron chi connectivity index (χ1n) is 4.65. The van der Waals surface area contributed by atoms with Gasteiger partial charge in [-0.2, -0.15) is 13.2 Å². The zero-order chi connectivity index (χ0) is 12.9. The number of carbonyl (C=O) groups excluding carboxylic acids is 1. The van der Waals surface area contributed by atoms with Crippen molar-refractivity contribution in [3.63, 3.8) is 0 Å². The summed E-state index contributed by atoms with van der Waals surface area (Å²) in [6.45, 7) is -1.48. The minimum Gasteiger partial charge on any atom is -0.370 e. The van der Waals surface area contributed by atoms with Crippen LogP contribution in [0.3, 0.4) is 0 Å². The Labute approximate surface area is 104 Å². The van der Waals surface area contributed by atoms with Crippen molar-refractivity contribution >= 4 is 21.8 Å². The van der Waals surface area contributed by atoms with Gasteiger partial charge in [0.1, 0.15) is 12.3 Å². The lowest BCUT2D eigenvalue weighted by molar-refractivity contribution is -0.173. The second-order valence-corrected chi connectivity index (χ2v) is 4.07. The lowest BCUT2D eigenvalue weighted by atomic mass is 10.4. The lowest BCUT2D eigenvalue weighted by Crippen LogP contribution is -2.29. The maximum atomic E-state index is 11.7. The molecule has 1 aromatic heterocycles. The molecule has 0 aliphatic rings. The Balaban J connectivity index is 2.17. The standard InChI is InChI=1S/C9H10BrF3N2O2/c10-6-3-7(15-4-6)8(16)14-1-2-17-5-9(11,12)13/h3-4,15H,1-2,5H2,(H,14,16). The second-order valence-electron chi connectivity index (χ2n) is 3.16. The average molecular weight is 315 g/mol. The Morgan fingerprint density at radius 3 is 2.76 bits per heavy atom. The predicted octanol–water partition coefficient (Wildman–Crippen LogP) is 2.09. The van der Waals surface area contributed by atoms with Crippen molar-refractivity contribution in [2.45, 2.75) is 6.18 Å². The zero-order valence-electron chi connectivity index (χ0n) is 8.60. The number of rotatable bonds is 5. The van der Waals surface area contributed by atoms with Gasteiger partial charge in [-0.25, -0.2) is 0 Å². The number of carbonyl (C=O) groups is 1. The van der Waals surface area contributed by atoms with Crippen LogP contribution < -0.4 is 5.32 Å². The SMILES string of the molecule is O=C(NCCOCC(F)(F)F)c1cc(Br)c[nH]1. The molecule has 96 valence electrons. The van der Waals surface area contributed by atoms with Crippen molar-refractivity contribution in [3.8, 4) is 0 Å². The molecule has 0 unspecified atom stereocenters. The first-order chi connectivity index (χ1) is 7.88. The Hall–Kier alpha value is -1.02. The van der Waals surface area contributed by atoms with Gasteiger partial charge in [-0.3, -0.25) is 4.79 Å². The van der Waals surface area contributed by atoms with Gasteiger partial charge < -0.3 is 15.0 Å². The highest BCUT2D eigenvalue weighted by molar-refractivity contribution is 9.10. The first-order valence-corrected chi connectivity index (χ1v) is 5.44. The van der Waals surface area contributed by atoms with Gasteiger partial charge in [0.05, 0.1) is 6.61 Å². The van der Waals surface area contributed by atoms with E-state index in [2.05, 4.69) is 31.0 Å². The molecule has 0 aromatic carbocycles. The Morgan fingerprint density at radius 2 is 2.24 bits per heavy atom. The largest absolute Gasteiger partial charge is 0.411 e. The maximum Gasteiger partial charge on any atom is 0.411 e. The van der Waals surface area contributed by atoms with Crippen LogP contribution in [-0.4, -0.2) is 36.8 Å². The van der Waals surface area contributed by atoms with Crippen LogP contribution in [0, 0.1) is 0 Å². The monoisotopic (exact) mass is 314 g/mol. The molecule has 0 atom stereocenters. The summed E-state index contributed by atoms with van der Waals surface area (Å²) in [5.41, 5.74) is 0.327. The summed E-state index contributed by atoms with van der Waals surface area (Å²) in [7, 11) is 0. The molecule has 1 amide bonds. The zero-order valence-corrected chi connectivity index (χ0v) is 10.2. The third-order valence-electron chi connectivity index (χ3n) is 1.69. The summed E-state index contributed by atoms with van der Waals surface area (Å²) in [4.78, 5) is 14.1. The van der Waals surface area contributed by atoms with E-state index in [1.54, 1.807) is 12.3 Å². The molecule has 0 saturated heterocycles. The van der Waals surface area contributed by atoms with Crippen molar-refractivity contribution in [1.29, 1.82) is 0 Å². The number of alkyl halides is 3. The maximum absolute atomic E-state index is 11.7. The van der Waals surface area contributed by atoms with Crippen LogP contribution in [0.25, 0.3) is 0 Å². The van der Waals surface area contributed by atoms with Crippen LogP contribution >= 0.6 is 15.9 Å². The molecule has 1 rings (SSSR count). The van der Waals surface area contributed by atoms with Gasteiger partial charge >= 0.3 is 6.18 Å². The highest BCUT2D eigenvalue weighted by Crippen LogP contribution is 2.14. The molecule has 17 heavy (non-hydrogen) atoms. The first kappa shape index (κ1) is 14.0. The van der Waals surface area contributed by atoms with E-state index in [1.165, 1.54) is 0 Å². The van der Waals surface area contributed by atoms with Crippen LogP contribution in [0.15, 0.2) is 16.7 Å². The number of halogens is 4. The van der Waals surface area contributed by atoms with E-state index < -0.39 is 18.7 Å². The van der Waals surface area contributed by atoms with Crippen molar-refractivity contribution in [1.82, 2.24) is 10.3 Å². The number of aromatic amines is 1. The number of nitrogens with one attached hydrogen (secondary N) is 2. The number of ether oxygens (including phenoxy) is 1. The van der Waals surface area contributed by atoms with Crippen LogP contribution in [0.4, 0.5) is 13.2 Å². The molecule has 0 fully saturated rings. The summed E-state index contributed by atoms with van der Waals surface area (Å²) in [5, 5.41) is 2.42. The summed E-state index contributed by atoms with van der Waals surface area (Å²) < 4.78 is 40.1. The van der Waals surface area contributed by atoms with Gasteiger partial charge in [0.15, 0.2) is 0 Å². The molecule has 8 heteroatoms. The van der Waals surface area contributed by atoms with E-state index >= 15 is 0 Å². The number of hydrogen-bond donors (Lipinski definition) is 2. The summed E-state index contributed by atoms with van der Waals surface area (Å²) in [6, 6.07) is 1.56. The predicted molar refractivity (Wildman–Crippen MR) is 57.7 cm³/mol. The van der Waals surface area contributed by atoms with E-state index in [0.717, 1.165) is 4.47 Å². The van der Waals surface area contributed by atoms with Crippen LogP contribution in [0.1, 0.15) is 10.5 Å². The Kier molecular flexibility index (Phi) is 5.01. The van der Waals surface area contributed by atoms with Crippen LogP contribution in [-0.2, 0) is 4.74 Å². The normalized spacial score (nSPS) is 11.5. The van der Waals surface area contributed by atoms with Gasteiger partial charge in [0, 0.05) is 17.2 Å². The molecule has 2 N–H and O–H groups in total. The second kappa shape index (κ2) is 6.06. The van der Waals surface area contributed by atoms with Crippen LogP contribution in [0.5, 0.6) is 0 Å². The third kappa shape index (κ3) is 5.73. The van der Waals surface area contributed by atoms with Crippen LogP contribution in [0.2, 0.25) is 0 Å². The number of H-pyrrole nitrogens is 1. The molecule has 0 radical (unpaired) electrons. The van der Waals surface area contributed by atoms with Crippen molar-refractivity contribution in [3.05, 3.63) is 22.4 Å². The minimum atomic E-state index is -4.34. The number of hydrogen-bond acceptors (Lipinski definition) is 2. The smallest absolute Gasteiger partial charge is 0.370 e. The molecular weight excluding hydrogens is 305 g/mol. The average Bonchev–Trinajstić information content (AvgIpc) is 2.62. The molecular formula is C9H10BrF3N2O2. The van der Waals surface area contributed by atoms with Crippen molar-refractivity contribution in [2.75, 3.05) is 19.8 Å². The van der Waals surface area contributed by atoms with Gasteiger partial charge in [0.25, 0.3) is 5.91 Å². The molecule has 0 aliphatic heterocycles. The quantitative estimate of drug-likeness (QED) is 0.818. The molecule has 0 aliphatic carbocycles. The summed E-state index contributed by atoms with van der Waals surface area (Å²) in [5.74, 6) is -0.397. The number of amides is 1. The molecule has 4 nitrogen and oxygen atoms in total. The summed E-state index contributed by atoms with van der Waals surface area (Å²) in [6.07, 6.45) is -2.76. The molecule has 0 spiro atoms. The highest BCUT2D eigenvalue weighted by atomic mass is 79.9. The van der Waals surface area contributed by atoms with Gasteiger partial charge in [-0.05, 0) is 22.0 Å². The Morgan fingerprint density at radius 1 is 1.53 bits per heavy atom. The van der Waals surface area contributed by atoms with E-state index in [1.807, 2.05) is 0 Å². The third-order valence-corrected chi connectivity index (χ3v) is 2.15. The fourth-order valence-corrected chi connectivity index (χ4v) is 1.36. The van der Waals surface area contributed by atoms with E-state index in [9.17, 15) is 18.0 Å². The van der Waals surface area contributed by atoms with Crippen molar-refractivity contribution < 1.29 is 22.7 Å². The fourth-order valence-electron chi connectivity index (χ4n) is 1.02. The fraction of sp³-hybridized carbons (Fsp3) is 0.444. The van der Waals surface area contributed by atoms with Crippen molar-refractivity contribution in [2.24, 2.45) is 0 Å². The molecule has 1 heterocycles. The van der Waals surface area contributed by atoms with E-state index in [4.69, 9.17) is 0 Å². The number of aromatic nitrogens is 1. The Bertz CT molecular complexity index is 379. The minimum absolute atomic E-state index is 0.0194. The van der Waals surface area contributed by atoms with Gasteiger partial charge in [0.2, 0.25) is 0 Å². The molecule has 1 aromatic rings. The topological polar surface area (TPSA) is 54.1 Å². The highest BCUT2D eigenvalue weighted by Gasteiger charge is 2.27. The van der Waals surface area contributed by atoms with Gasteiger partial charge in [-0.15, -0.1) is 0 Å². The lowest BCUT2D eigenvalue weighted by Gasteiger charge is -2.07. The summed E-state index contributed by atoms with van der Waals surface area (Å²) >= 11 is 3.15. The van der Waals surface area contributed by atoms with E-state index in [0.29, 0.717) is 5.69 Å². The van der Waals surface area contributed by atoms with Gasteiger partial charge in [-0.1, -0.05) is 0 Å².